The number of nitrogens with two attached hydrogens (primary N) is 2. The SMILES string of the molecule is CCC(C)C(NC(=O)CN)C(=O)NC(CCCCN)C(=O)NC(CCSC)C(=O)O. The van der Waals surface area contributed by atoms with Gasteiger partial charge < -0.3 is 32.5 Å². The van der Waals surface area contributed by atoms with Gasteiger partial charge in [0.25, 0.3) is 0 Å². The number of carboxylic acids is 1. The number of thioether (sulfide) groups is 1. The lowest BCUT2D eigenvalue weighted by molar-refractivity contribution is -0.142. The van der Waals surface area contributed by atoms with Crippen molar-refractivity contribution in [1.82, 2.24) is 16.0 Å². The summed E-state index contributed by atoms with van der Waals surface area (Å²) in [7, 11) is 0. The van der Waals surface area contributed by atoms with Gasteiger partial charge in [0.2, 0.25) is 17.7 Å². The molecule has 0 rings (SSSR count). The van der Waals surface area contributed by atoms with Crippen LogP contribution in [0.2, 0.25) is 0 Å². The van der Waals surface area contributed by atoms with Crippen LogP contribution in [0.1, 0.15) is 46.0 Å². The Morgan fingerprint density at radius 2 is 1.60 bits per heavy atom. The molecule has 30 heavy (non-hydrogen) atoms. The molecule has 0 aromatic carbocycles. The highest BCUT2D eigenvalue weighted by molar-refractivity contribution is 7.98. The fourth-order valence-corrected chi connectivity index (χ4v) is 3.19. The van der Waals surface area contributed by atoms with Crippen molar-refractivity contribution in [2.24, 2.45) is 17.4 Å². The molecule has 3 amide bonds. The molecule has 174 valence electrons. The van der Waals surface area contributed by atoms with Gasteiger partial charge in [-0.2, -0.15) is 11.8 Å². The van der Waals surface area contributed by atoms with Crippen LogP contribution in [0.25, 0.3) is 0 Å². The average molecular weight is 448 g/mol. The minimum Gasteiger partial charge on any atom is -0.480 e. The number of unbranched alkanes of at least 4 members (excludes halogenated alkanes) is 1. The van der Waals surface area contributed by atoms with Gasteiger partial charge in [-0.25, -0.2) is 4.79 Å². The number of carboxylic acid groups (broad SMARTS) is 1. The molecular formula is C19H37N5O5S. The zero-order chi connectivity index (χ0) is 23.1. The topological polar surface area (TPSA) is 177 Å². The monoisotopic (exact) mass is 447 g/mol. The zero-order valence-corrected chi connectivity index (χ0v) is 18.9. The fourth-order valence-electron chi connectivity index (χ4n) is 2.72. The van der Waals surface area contributed by atoms with E-state index in [4.69, 9.17) is 11.5 Å². The van der Waals surface area contributed by atoms with Crippen LogP contribution in [-0.4, -0.2) is 72.0 Å². The Kier molecular flexibility index (Phi) is 14.9. The maximum Gasteiger partial charge on any atom is 0.326 e. The fraction of sp³-hybridized carbons (Fsp3) is 0.789. The van der Waals surface area contributed by atoms with Gasteiger partial charge in [0.05, 0.1) is 6.54 Å². The van der Waals surface area contributed by atoms with Crippen molar-refractivity contribution in [3.63, 3.8) is 0 Å². The summed E-state index contributed by atoms with van der Waals surface area (Å²) in [4.78, 5) is 48.8. The minimum absolute atomic E-state index is 0.179. The molecule has 0 aromatic heterocycles. The molecule has 0 bridgehead atoms. The molecule has 0 spiro atoms. The smallest absolute Gasteiger partial charge is 0.326 e. The van der Waals surface area contributed by atoms with Gasteiger partial charge in [-0.15, -0.1) is 0 Å². The molecule has 0 heterocycles. The summed E-state index contributed by atoms with van der Waals surface area (Å²) >= 11 is 1.48. The van der Waals surface area contributed by atoms with E-state index < -0.39 is 41.8 Å². The Balaban J connectivity index is 5.36. The Morgan fingerprint density at radius 3 is 2.10 bits per heavy atom. The summed E-state index contributed by atoms with van der Waals surface area (Å²) in [5.41, 5.74) is 10.9. The van der Waals surface area contributed by atoms with Crippen LogP contribution in [0, 0.1) is 5.92 Å². The number of amides is 3. The number of aliphatic carboxylic acids is 1. The molecule has 0 fully saturated rings. The highest BCUT2D eigenvalue weighted by Crippen LogP contribution is 2.10. The minimum atomic E-state index is -1.13. The molecule has 0 saturated heterocycles. The third-order valence-electron chi connectivity index (χ3n) is 4.80. The van der Waals surface area contributed by atoms with E-state index in [1.54, 1.807) is 0 Å². The van der Waals surface area contributed by atoms with Crippen molar-refractivity contribution in [3.8, 4) is 0 Å². The summed E-state index contributed by atoms with van der Waals surface area (Å²) in [5.74, 6) is -2.28. The second-order valence-corrected chi connectivity index (χ2v) is 8.15. The van der Waals surface area contributed by atoms with Crippen molar-refractivity contribution in [3.05, 3.63) is 0 Å². The van der Waals surface area contributed by atoms with Crippen molar-refractivity contribution < 1.29 is 24.3 Å². The highest BCUT2D eigenvalue weighted by Gasteiger charge is 2.31. The van der Waals surface area contributed by atoms with E-state index in [9.17, 15) is 24.3 Å². The number of nitrogens with one attached hydrogen (secondary N) is 3. The van der Waals surface area contributed by atoms with Crippen LogP contribution in [0.3, 0.4) is 0 Å². The maximum atomic E-state index is 12.8. The highest BCUT2D eigenvalue weighted by atomic mass is 32.2. The molecule has 0 aliphatic rings. The third kappa shape index (κ3) is 10.8. The van der Waals surface area contributed by atoms with Gasteiger partial charge in [0, 0.05) is 0 Å². The lowest BCUT2D eigenvalue weighted by Crippen LogP contribution is -2.57. The van der Waals surface area contributed by atoms with Gasteiger partial charge in [-0.3, -0.25) is 14.4 Å². The average Bonchev–Trinajstić information content (AvgIpc) is 2.72. The van der Waals surface area contributed by atoms with Crippen molar-refractivity contribution >= 4 is 35.5 Å². The van der Waals surface area contributed by atoms with Crippen LogP contribution in [-0.2, 0) is 19.2 Å². The Hall–Kier alpha value is -1.85. The second kappa shape index (κ2) is 15.9. The predicted molar refractivity (Wildman–Crippen MR) is 118 cm³/mol. The number of rotatable bonds is 16. The number of hydrogen-bond donors (Lipinski definition) is 6. The molecule has 0 aliphatic heterocycles. The lowest BCUT2D eigenvalue weighted by atomic mass is 9.97. The zero-order valence-electron chi connectivity index (χ0n) is 18.1. The first-order valence-electron chi connectivity index (χ1n) is 10.2. The molecule has 0 aromatic rings. The lowest BCUT2D eigenvalue weighted by Gasteiger charge is -2.27. The molecule has 0 radical (unpaired) electrons. The van der Waals surface area contributed by atoms with E-state index in [2.05, 4.69) is 16.0 Å². The van der Waals surface area contributed by atoms with Crippen LogP contribution in [0.4, 0.5) is 0 Å². The van der Waals surface area contributed by atoms with Crippen molar-refractivity contribution in [2.75, 3.05) is 25.1 Å². The van der Waals surface area contributed by atoms with Crippen LogP contribution >= 0.6 is 11.8 Å². The maximum absolute atomic E-state index is 12.8. The molecule has 11 heteroatoms. The standard InChI is InChI=1S/C19H37N5O5S/c1-4-12(2)16(24-15(25)11-21)18(27)22-13(7-5-6-9-20)17(26)23-14(19(28)29)8-10-30-3/h12-14,16H,4-11,20-21H2,1-3H3,(H,22,27)(H,23,26)(H,24,25)(H,28,29). The molecule has 0 saturated carbocycles. The normalized spacial score (nSPS) is 14.8. The first-order valence-corrected chi connectivity index (χ1v) is 11.6. The third-order valence-corrected chi connectivity index (χ3v) is 5.45. The molecule has 0 aliphatic carbocycles. The number of carbonyl (C=O) groups is 4. The van der Waals surface area contributed by atoms with Crippen molar-refractivity contribution in [1.29, 1.82) is 0 Å². The van der Waals surface area contributed by atoms with Gasteiger partial charge in [-0.1, -0.05) is 20.3 Å². The first kappa shape index (κ1) is 28.1. The van der Waals surface area contributed by atoms with Gasteiger partial charge in [-0.05, 0) is 50.2 Å². The Bertz CT molecular complexity index is 563. The summed E-state index contributed by atoms with van der Waals surface area (Å²) in [6.07, 6.45) is 4.30. The predicted octanol–water partition coefficient (Wildman–Crippen LogP) is -0.588. The summed E-state index contributed by atoms with van der Waals surface area (Å²) < 4.78 is 0. The molecule has 4 atom stereocenters. The van der Waals surface area contributed by atoms with Gasteiger partial charge in [0.1, 0.15) is 18.1 Å². The molecule has 8 N–H and O–H groups in total. The quantitative estimate of drug-likeness (QED) is 0.170. The summed E-state index contributed by atoms with van der Waals surface area (Å²) in [5, 5.41) is 17.1. The second-order valence-electron chi connectivity index (χ2n) is 7.16. The summed E-state index contributed by atoms with van der Waals surface area (Å²) in [6, 6.07) is -2.81. The Morgan fingerprint density at radius 1 is 0.967 bits per heavy atom. The van der Waals surface area contributed by atoms with Crippen LogP contribution in [0.15, 0.2) is 0 Å². The molecule has 10 nitrogen and oxygen atoms in total. The van der Waals surface area contributed by atoms with Crippen LogP contribution in [0.5, 0.6) is 0 Å². The van der Waals surface area contributed by atoms with E-state index >= 15 is 0 Å². The van der Waals surface area contributed by atoms with E-state index in [1.807, 2.05) is 20.1 Å². The van der Waals surface area contributed by atoms with Crippen molar-refractivity contribution in [2.45, 2.75) is 64.1 Å². The number of carbonyl (C=O) groups excluding carboxylic acids is 3. The largest absolute Gasteiger partial charge is 0.480 e. The van der Waals surface area contributed by atoms with Gasteiger partial charge in [0.15, 0.2) is 0 Å². The molecule has 4 unspecified atom stereocenters. The van der Waals surface area contributed by atoms with Crippen LogP contribution < -0.4 is 27.4 Å². The van der Waals surface area contributed by atoms with E-state index in [-0.39, 0.29) is 18.9 Å². The summed E-state index contributed by atoms with van der Waals surface area (Å²) in [6.45, 7) is 3.88. The van der Waals surface area contributed by atoms with E-state index in [0.29, 0.717) is 38.0 Å². The van der Waals surface area contributed by atoms with E-state index in [1.165, 1.54) is 11.8 Å². The first-order chi connectivity index (χ1) is 14.2. The van der Waals surface area contributed by atoms with E-state index in [0.717, 1.165) is 0 Å². The Labute approximate surface area is 182 Å². The van der Waals surface area contributed by atoms with Gasteiger partial charge >= 0.3 is 5.97 Å². The molecular weight excluding hydrogens is 410 g/mol. The number of hydrogen-bond acceptors (Lipinski definition) is 7.